The summed E-state index contributed by atoms with van der Waals surface area (Å²) in [7, 11) is 3.04. The average Bonchev–Trinajstić information content (AvgIpc) is 3.10. The van der Waals surface area contributed by atoms with Crippen molar-refractivity contribution < 1.29 is 23.8 Å². The molecule has 128 valence electrons. The van der Waals surface area contributed by atoms with Gasteiger partial charge in [0, 0.05) is 23.4 Å². The van der Waals surface area contributed by atoms with Gasteiger partial charge in [-0.2, -0.15) is 0 Å². The first-order valence-electron chi connectivity index (χ1n) is 7.18. The largest absolute Gasteiger partial charge is 0.507 e. The molecule has 0 spiro atoms. The number of methoxy groups -OCH3 is 2. The number of phenols is 1. The van der Waals surface area contributed by atoms with Gasteiger partial charge < -0.3 is 19.0 Å². The van der Waals surface area contributed by atoms with Gasteiger partial charge in [0.25, 0.3) is 5.22 Å². The first-order valence-corrected chi connectivity index (χ1v) is 7.99. The fourth-order valence-corrected chi connectivity index (χ4v) is 2.71. The SMILES string of the molecule is COc1cccc(-c2nnc(SC(=O)c3ccc(OC)cc3O)o2)c1. The van der Waals surface area contributed by atoms with Gasteiger partial charge in [-0.15, -0.1) is 10.2 Å². The lowest BCUT2D eigenvalue weighted by Crippen LogP contribution is -1.95. The zero-order valence-electron chi connectivity index (χ0n) is 13.4. The van der Waals surface area contributed by atoms with Gasteiger partial charge in [0.2, 0.25) is 11.0 Å². The van der Waals surface area contributed by atoms with E-state index in [1.807, 2.05) is 0 Å². The molecule has 1 N–H and O–H groups in total. The van der Waals surface area contributed by atoms with E-state index in [0.29, 0.717) is 17.1 Å². The molecule has 0 aliphatic heterocycles. The molecule has 0 unspecified atom stereocenters. The van der Waals surface area contributed by atoms with E-state index in [4.69, 9.17) is 13.9 Å². The lowest BCUT2D eigenvalue weighted by atomic mass is 10.2. The van der Waals surface area contributed by atoms with Crippen molar-refractivity contribution in [2.45, 2.75) is 5.22 Å². The smallest absolute Gasteiger partial charge is 0.284 e. The highest BCUT2D eigenvalue weighted by Crippen LogP contribution is 2.31. The van der Waals surface area contributed by atoms with Crippen LogP contribution < -0.4 is 9.47 Å². The summed E-state index contributed by atoms with van der Waals surface area (Å²) in [5, 5.41) is 17.4. The number of benzene rings is 2. The predicted molar refractivity (Wildman–Crippen MR) is 91.1 cm³/mol. The second kappa shape index (κ2) is 7.27. The monoisotopic (exact) mass is 358 g/mol. The Morgan fingerprint density at radius 3 is 2.56 bits per heavy atom. The zero-order chi connectivity index (χ0) is 17.8. The van der Waals surface area contributed by atoms with Crippen LogP contribution in [0.15, 0.2) is 52.1 Å². The minimum Gasteiger partial charge on any atom is -0.507 e. The van der Waals surface area contributed by atoms with Crippen molar-refractivity contribution in [2.75, 3.05) is 14.2 Å². The van der Waals surface area contributed by atoms with Crippen molar-refractivity contribution >= 4 is 16.9 Å². The molecule has 0 radical (unpaired) electrons. The molecule has 0 saturated heterocycles. The average molecular weight is 358 g/mol. The summed E-state index contributed by atoms with van der Waals surface area (Å²) in [5.74, 6) is 1.21. The molecule has 0 aliphatic carbocycles. The Labute approximate surface area is 147 Å². The van der Waals surface area contributed by atoms with Gasteiger partial charge in [0.15, 0.2) is 0 Å². The van der Waals surface area contributed by atoms with E-state index in [9.17, 15) is 9.90 Å². The lowest BCUT2D eigenvalue weighted by molar-refractivity contribution is 0.108. The van der Waals surface area contributed by atoms with Crippen LogP contribution in [0, 0.1) is 0 Å². The molecule has 1 aromatic heterocycles. The maximum Gasteiger partial charge on any atom is 0.284 e. The molecule has 0 saturated carbocycles. The van der Waals surface area contributed by atoms with E-state index in [0.717, 1.165) is 11.8 Å². The van der Waals surface area contributed by atoms with Crippen molar-refractivity contribution in [3.05, 3.63) is 48.0 Å². The van der Waals surface area contributed by atoms with Crippen molar-refractivity contribution in [3.63, 3.8) is 0 Å². The van der Waals surface area contributed by atoms with E-state index >= 15 is 0 Å². The summed E-state index contributed by atoms with van der Waals surface area (Å²) in [6, 6.07) is 11.6. The molecule has 0 atom stereocenters. The zero-order valence-corrected chi connectivity index (χ0v) is 14.2. The summed E-state index contributed by atoms with van der Waals surface area (Å²) < 4.78 is 15.6. The molecule has 0 amide bonds. The number of carbonyl (C=O) groups excluding carboxylic acids is 1. The second-order valence-corrected chi connectivity index (χ2v) is 5.80. The molecule has 3 aromatic rings. The summed E-state index contributed by atoms with van der Waals surface area (Å²) >= 11 is 0.739. The van der Waals surface area contributed by atoms with Gasteiger partial charge in [0.05, 0.1) is 19.8 Å². The van der Waals surface area contributed by atoms with Crippen LogP contribution in [0.2, 0.25) is 0 Å². The Bertz CT molecular complexity index is 910. The first kappa shape index (κ1) is 16.8. The van der Waals surface area contributed by atoms with Gasteiger partial charge >= 0.3 is 0 Å². The molecule has 1 heterocycles. The summed E-state index contributed by atoms with van der Waals surface area (Å²) in [6.07, 6.45) is 0. The highest BCUT2D eigenvalue weighted by Gasteiger charge is 2.18. The molecule has 8 heteroatoms. The first-order chi connectivity index (χ1) is 12.1. The third kappa shape index (κ3) is 3.74. The maximum atomic E-state index is 12.3. The highest BCUT2D eigenvalue weighted by molar-refractivity contribution is 8.14. The minimum atomic E-state index is -0.416. The van der Waals surface area contributed by atoms with Crippen molar-refractivity contribution in [2.24, 2.45) is 0 Å². The number of thioether (sulfide) groups is 1. The second-order valence-electron chi connectivity index (χ2n) is 4.88. The molecule has 2 aromatic carbocycles. The molecule has 0 aliphatic rings. The van der Waals surface area contributed by atoms with E-state index < -0.39 is 5.12 Å². The Morgan fingerprint density at radius 2 is 1.84 bits per heavy atom. The third-order valence-corrected chi connectivity index (χ3v) is 4.07. The van der Waals surface area contributed by atoms with Crippen LogP contribution in [0.25, 0.3) is 11.5 Å². The number of nitrogens with zero attached hydrogens (tertiary/aromatic N) is 2. The van der Waals surface area contributed by atoms with E-state index in [1.54, 1.807) is 37.4 Å². The lowest BCUT2D eigenvalue weighted by Gasteiger charge is -2.04. The number of rotatable bonds is 5. The Balaban J connectivity index is 1.78. The number of aromatic hydroxyl groups is 1. The Kier molecular flexibility index (Phi) is 4.90. The van der Waals surface area contributed by atoms with E-state index in [-0.39, 0.29) is 22.4 Å². The Morgan fingerprint density at radius 1 is 1.08 bits per heavy atom. The fourth-order valence-electron chi connectivity index (χ4n) is 2.07. The van der Waals surface area contributed by atoms with Crippen molar-refractivity contribution in [1.82, 2.24) is 10.2 Å². The van der Waals surface area contributed by atoms with Crippen LogP contribution in [-0.2, 0) is 0 Å². The topological polar surface area (TPSA) is 94.7 Å². The normalized spacial score (nSPS) is 10.5. The molecule has 0 bridgehead atoms. The molecular weight excluding hydrogens is 344 g/mol. The van der Waals surface area contributed by atoms with E-state index in [2.05, 4.69) is 10.2 Å². The number of aromatic nitrogens is 2. The number of hydrogen-bond donors (Lipinski definition) is 1. The number of ether oxygens (including phenoxy) is 2. The van der Waals surface area contributed by atoms with Gasteiger partial charge in [-0.1, -0.05) is 6.07 Å². The molecule has 7 nitrogen and oxygen atoms in total. The van der Waals surface area contributed by atoms with Crippen LogP contribution in [0.5, 0.6) is 17.2 Å². The van der Waals surface area contributed by atoms with Crippen molar-refractivity contribution in [3.8, 4) is 28.7 Å². The standard InChI is InChI=1S/C17H14N2O5S/c1-22-11-5-3-4-10(8-11)15-18-19-17(24-15)25-16(21)13-7-6-12(23-2)9-14(13)20/h3-9,20H,1-2H3. The molecule has 3 rings (SSSR count). The van der Waals surface area contributed by atoms with Gasteiger partial charge in [-0.25, -0.2) is 0 Å². The van der Waals surface area contributed by atoms with Gasteiger partial charge in [0.1, 0.15) is 17.2 Å². The summed E-state index contributed by atoms with van der Waals surface area (Å²) in [4.78, 5) is 12.3. The highest BCUT2D eigenvalue weighted by atomic mass is 32.2. The predicted octanol–water partition coefficient (Wildman–Crippen LogP) is 3.39. The van der Waals surface area contributed by atoms with Crippen molar-refractivity contribution in [1.29, 1.82) is 0 Å². The van der Waals surface area contributed by atoms with Crippen LogP contribution in [0.1, 0.15) is 10.4 Å². The van der Waals surface area contributed by atoms with Crippen LogP contribution in [-0.4, -0.2) is 34.6 Å². The van der Waals surface area contributed by atoms with Crippen LogP contribution >= 0.6 is 11.8 Å². The number of carbonyl (C=O) groups is 1. The maximum absolute atomic E-state index is 12.3. The summed E-state index contributed by atoms with van der Waals surface area (Å²) in [6.45, 7) is 0. The quantitative estimate of drug-likeness (QED) is 0.694. The van der Waals surface area contributed by atoms with Crippen LogP contribution in [0.4, 0.5) is 0 Å². The van der Waals surface area contributed by atoms with Crippen LogP contribution in [0.3, 0.4) is 0 Å². The summed E-state index contributed by atoms with van der Waals surface area (Å²) in [5.41, 5.74) is 0.811. The Hall–Kier alpha value is -3.00. The molecule has 0 fully saturated rings. The van der Waals surface area contributed by atoms with Gasteiger partial charge in [-0.05, 0) is 30.3 Å². The molecular formula is C17H14N2O5S. The molecule has 25 heavy (non-hydrogen) atoms. The van der Waals surface area contributed by atoms with Gasteiger partial charge in [-0.3, -0.25) is 4.79 Å². The number of phenolic OH excluding ortho intramolecular Hbond substituents is 1. The van der Waals surface area contributed by atoms with E-state index in [1.165, 1.54) is 19.2 Å². The third-order valence-electron chi connectivity index (χ3n) is 3.33. The minimum absolute atomic E-state index is 0.0815. The number of hydrogen-bond acceptors (Lipinski definition) is 8. The fraction of sp³-hybridized carbons (Fsp3) is 0.118.